The molecule has 2 heterocycles. The fourth-order valence-electron chi connectivity index (χ4n) is 2.76. The van der Waals surface area contributed by atoms with Gasteiger partial charge in [0.15, 0.2) is 0 Å². The van der Waals surface area contributed by atoms with Gasteiger partial charge in [0.1, 0.15) is 11.6 Å². The number of aryl methyl sites for hydroxylation is 1. The highest BCUT2D eigenvalue weighted by Crippen LogP contribution is 2.26. The second-order valence-electron chi connectivity index (χ2n) is 6.94. The van der Waals surface area contributed by atoms with E-state index in [0.29, 0.717) is 35.9 Å². The first-order valence-electron chi connectivity index (χ1n) is 9.16. The van der Waals surface area contributed by atoms with E-state index in [0.717, 1.165) is 12.1 Å². The van der Waals surface area contributed by atoms with E-state index in [1.807, 2.05) is 20.8 Å². The van der Waals surface area contributed by atoms with E-state index in [4.69, 9.17) is 4.74 Å². The smallest absolute Gasteiger partial charge is 0.250 e. The maximum absolute atomic E-state index is 14.5. The molecule has 2 aromatic heterocycles. The van der Waals surface area contributed by atoms with Crippen molar-refractivity contribution < 1.29 is 9.13 Å². The molecular formula is C21H24FN3O2. The van der Waals surface area contributed by atoms with E-state index in [1.165, 1.54) is 12.1 Å². The van der Waals surface area contributed by atoms with Crippen molar-refractivity contribution >= 4 is 0 Å². The molecule has 0 atom stereocenters. The molecule has 3 rings (SSSR count). The molecule has 3 aromatic rings. The number of benzene rings is 1. The summed E-state index contributed by atoms with van der Waals surface area (Å²) in [4.78, 5) is 11.9. The Bertz CT molecular complexity index is 976. The Hall–Kier alpha value is -2.89. The van der Waals surface area contributed by atoms with E-state index < -0.39 is 0 Å². The van der Waals surface area contributed by atoms with Gasteiger partial charge in [-0.25, -0.2) is 9.07 Å². The Labute approximate surface area is 158 Å². The average molecular weight is 369 g/mol. The van der Waals surface area contributed by atoms with Gasteiger partial charge < -0.3 is 9.30 Å². The van der Waals surface area contributed by atoms with Crippen LogP contribution in [0.3, 0.4) is 0 Å². The first-order chi connectivity index (χ1) is 13.0. The van der Waals surface area contributed by atoms with Gasteiger partial charge in [-0.1, -0.05) is 20.8 Å². The third kappa shape index (κ3) is 4.45. The van der Waals surface area contributed by atoms with Crippen LogP contribution < -0.4 is 10.3 Å². The van der Waals surface area contributed by atoms with Crippen LogP contribution >= 0.6 is 0 Å². The molecule has 0 fully saturated rings. The third-order valence-corrected chi connectivity index (χ3v) is 4.11. The molecule has 1 aromatic carbocycles. The highest BCUT2D eigenvalue weighted by molar-refractivity contribution is 5.64. The minimum absolute atomic E-state index is 0.0454. The number of hydrogen-bond acceptors (Lipinski definition) is 3. The van der Waals surface area contributed by atoms with Crippen LogP contribution in [0.25, 0.3) is 16.8 Å². The van der Waals surface area contributed by atoms with Crippen LogP contribution in [0.15, 0.2) is 53.7 Å². The summed E-state index contributed by atoms with van der Waals surface area (Å²) in [5, 5.41) is 4.32. The zero-order chi connectivity index (χ0) is 19.4. The molecule has 6 heteroatoms. The predicted octanol–water partition coefficient (Wildman–Crippen LogP) is 4.28. The van der Waals surface area contributed by atoms with Gasteiger partial charge in [0.25, 0.3) is 5.56 Å². The molecule has 0 saturated carbocycles. The molecule has 0 aliphatic carbocycles. The number of rotatable bonds is 7. The molecule has 0 spiro atoms. The molecule has 0 bridgehead atoms. The summed E-state index contributed by atoms with van der Waals surface area (Å²) >= 11 is 0. The van der Waals surface area contributed by atoms with Crippen molar-refractivity contribution in [2.24, 2.45) is 5.92 Å². The average Bonchev–Trinajstić information content (AvgIpc) is 3.12. The van der Waals surface area contributed by atoms with Crippen molar-refractivity contribution in [3.8, 4) is 22.6 Å². The zero-order valence-corrected chi connectivity index (χ0v) is 15.9. The molecule has 0 N–H and O–H groups in total. The van der Waals surface area contributed by atoms with Gasteiger partial charge in [-0.05, 0) is 30.5 Å². The van der Waals surface area contributed by atoms with E-state index in [1.54, 1.807) is 46.0 Å². The highest BCUT2D eigenvalue weighted by Gasteiger charge is 2.11. The molecule has 0 amide bonds. The molecule has 0 aliphatic rings. The first-order valence-corrected chi connectivity index (χ1v) is 9.16. The Kier molecular flexibility index (Phi) is 5.74. The van der Waals surface area contributed by atoms with Crippen LogP contribution in [0.2, 0.25) is 0 Å². The molecular weight excluding hydrogens is 345 g/mol. The lowest BCUT2D eigenvalue weighted by atomic mass is 10.1. The Morgan fingerprint density at radius 1 is 1.19 bits per heavy atom. The van der Waals surface area contributed by atoms with Crippen molar-refractivity contribution in [2.45, 2.75) is 33.7 Å². The SMILES string of the molecule is CCCn1cc(-n2cc(-c3ccc(OCC(C)C)cc3F)cn2)ccc1=O. The third-order valence-electron chi connectivity index (χ3n) is 4.11. The van der Waals surface area contributed by atoms with Crippen LogP contribution in [0.4, 0.5) is 4.39 Å². The van der Waals surface area contributed by atoms with E-state index in [9.17, 15) is 9.18 Å². The van der Waals surface area contributed by atoms with Crippen molar-refractivity contribution in [1.29, 1.82) is 0 Å². The molecule has 27 heavy (non-hydrogen) atoms. The van der Waals surface area contributed by atoms with Gasteiger partial charge in [-0.3, -0.25) is 4.79 Å². The van der Waals surface area contributed by atoms with E-state index in [2.05, 4.69) is 5.10 Å². The molecule has 0 aliphatic heterocycles. The quantitative estimate of drug-likeness (QED) is 0.624. The lowest BCUT2D eigenvalue weighted by molar-refractivity contribution is 0.270. The summed E-state index contributed by atoms with van der Waals surface area (Å²) in [5.74, 6) is 0.540. The number of halogens is 1. The van der Waals surface area contributed by atoms with Crippen molar-refractivity contribution in [3.63, 3.8) is 0 Å². The predicted molar refractivity (Wildman–Crippen MR) is 104 cm³/mol. The van der Waals surface area contributed by atoms with Gasteiger partial charge in [0.05, 0.1) is 18.5 Å². The highest BCUT2D eigenvalue weighted by atomic mass is 19.1. The minimum Gasteiger partial charge on any atom is -0.493 e. The number of ether oxygens (including phenoxy) is 1. The Morgan fingerprint density at radius 2 is 2.00 bits per heavy atom. The van der Waals surface area contributed by atoms with Gasteiger partial charge in [-0.15, -0.1) is 0 Å². The largest absolute Gasteiger partial charge is 0.493 e. The number of pyridine rings is 1. The summed E-state index contributed by atoms with van der Waals surface area (Å²) < 4.78 is 23.4. The van der Waals surface area contributed by atoms with E-state index in [-0.39, 0.29) is 11.4 Å². The van der Waals surface area contributed by atoms with Crippen LogP contribution in [0.5, 0.6) is 5.75 Å². The summed E-state index contributed by atoms with van der Waals surface area (Å²) in [5.41, 5.74) is 1.83. The standard InChI is InChI=1S/C21H24FN3O2/c1-4-9-24-13-17(5-8-21(24)26)25-12-16(11-23-25)19-7-6-18(10-20(19)22)27-14-15(2)3/h5-8,10-13,15H,4,9,14H2,1-3H3. The summed E-state index contributed by atoms with van der Waals surface area (Å²) in [6, 6.07) is 8.10. The Balaban J connectivity index is 1.85. The molecule has 5 nitrogen and oxygen atoms in total. The van der Waals surface area contributed by atoms with Crippen molar-refractivity contribution in [1.82, 2.24) is 14.3 Å². The fourth-order valence-corrected chi connectivity index (χ4v) is 2.76. The maximum atomic E-state index is 14.5. The van der Waals surface area contributed by atoms with Crippen LogP contribution in [0.1, 0.15) is 27.2 Å². The van der Waals surface area contributed by atoms with Crippen LogP contribution in [0, 0.1) is 11.7 Å². The number of nitrogens with zero attached hydrogens (tertiary/aromatic N) is 3. The van der Waals surface area contributed by atoms with Gasteiger partial charge in [0.2, 0.25) is 0 Å². The summed E-state index contributed by atoms with van der Waals surface area (Å²) in [7, 11) is 0. The maximum Gasteiger partial charge on any atom is 0.250 e. The lowest BCUT2D eigenvalue weighted by Crippen LogP contribution is -2.19. The molecule has 0 unspecified atom stereocenters. The summed E-state index contributed by atoms with van der Waals surface area (Å²) in [6.45, 7) is 7.30. The second kappa shape index (κ2) is 8.20. The Morgan fingerprint density at radius 3 is 2.70 bits per heavy atom. The first kappa shape index (κ1) is 18.9. The van der Waals surface area contributed by atoms with Crippen molar-refractivity contribution in [2.75, 3.05) is 6.61 Å². The summed E-state index contributed by atoms with van der Waals surface area (Å²) in [6.07, 6.45) is 6.00. The number of aromatic nitrogens is 3. The molecule has 0 radical (unpaired) electrons. The zero-order valence-electron chi connectivity index (χ0n) is 15.9. The van der Waals surface area contributed by atoms with Crippen molar-refractivity contribution in [3.05, 3.63) is 65.1 Å². The van der Waals surface area contributed by atoms with Crippen LogP contribution in [-0.2, 0) is 6.54 Å². The monoisotopic (exact) mass is 369 g/mol. The normalized spacial score (nSPS) is 11.1. The van der Waals surface area contributed by atoms with Gasteiger partial charge >= 0.3 is 0 Å². The minimum atomic E-state index is -0.355. The second-order valence-corrected chi connectivity index (χ2v) is 6.94. The fraction of sp³-hybridized carbons (Fsp3) is 0.333. The molecule has 142 valence electrons. The van der Waals surface area contributed by atoms with Crippen LogP contribution in [-0.4, -0.2) is 21.0 Å². The topological polar surface area (TPSA) is 49.0 Å². The van der Waals surface area contributed by atoms with E-state index >= 15 is 0 Å². The number of hydrogen-bond donors (Lipinski definition) is 0. The van der Waals surface area contributed by atoms with Gasteiger partial charge in [-0.2, -0.15) is 5.10 Å². The molecule has 0 saturated heterocycles. The van der Waals surface area contributed by atoms with Gasteiger partial charge in [0, 0.05) is 42.2 Å². The lowest BCUT2D eigenvalue weighted by Gasteiger charge is -2.09.